The van der Waals surface area contributed by atoms with E-state index >= 15 is 0 Å². The zero-order chi connectivity index (χ0) is 20.2. The van der Waals surface area contributed by atoms with Crippen LogP contribution in [-0.2, 0) is 11.3 Å². The zero-order valence-corrected chi connectivity index (χ0v) is 18.7. The molecule has 0 fully saturated rings. The zero-order valence-electron chi connectivity index (χ0n) is 16.5. The number of aromatic nitrogens is 1. The number of unbranched alkanes of at least 4 members (excludes halogenated alkanes) is 3. The molecule has 2 rings (SSSR count). The van der Waals surface area contributed by atoms with Crippen LogP contribution in [0, 0.1) is 0 Å². The van der Waals surface area contributed by atoms with Gasteiger partial charge in [-0.25, -0.2) is 5.43 Å². The number of pyridine rings is 1. The van der Waals surface area contributed by atoms with E-state index in [4.69, 9.17) is 23.2 Å². The third-order valence-corrected chi connectivity index (χ3v) is 4.87. The van der Waals surface area contributed by atoms with Crippen molar-refractivity contribution in [1.29, 1.82) is 0 Å². The molecule has 0 aliphatic heterocycles. The van der Waals surface area contributed by atoms with Gasteiger partial charge in [0, 0.05) is 12.1 Å². The normalized spacial score (nSPS) is 11.3. The Hall–Kier alpha value is -1.88. The predicted molar refractivity (Wildman–Crippen MR) is 116 cm³/mol. The van der Waals surface area contributed by atoms with Crippen molar-refractivity contribution in [1.82, 2.24) is 5.43 Å². The number of halogens is 3. The molecule has 1 amide bonds. The van der Waals surface area contributed by atoms with Crippen molar-refractivity contribution in [3.8, 4) is 0 Å². The van der Waals surface area contributed by atoms with E-state index in [9.17, 15) is 4.79 Å². The van der Waals surface area contributed by atoms with Crippen molar-refractivity contribution in [2.24, 2.45) is 5.10 Å². The molecule has 1 aromatic carbocycles. The SMILES string of the molecule is CCCCCCC(/C=C/c1ccc(Cl)c(Cl)c1)=NNC(=O)C[n+]1ccccc1.[Cl-]. The first-order valence-corrected chi connectivity index (χ1v) is 10.3. The molecule has 156 valence electrons. The van der Waals surface area contributed by atoms with Gasteiger partial charge in [0.25, 0.3) is 0 Å². The topological polar surface area (TPSA) is 45.3 Å². The number of carbonyl (C=O) groups excluding carboxylic acids is 1. The van der Waals surface area contributed by atoms with Gasteiger partial charge in [-0.1, -0.05) is 67.6 Å². The van der Waals surface area contributed by atoms with Crippen LogP contribution in [-0.4, -0.2) is 11.6 Å². The second-order valence-corrected chi connectivity index (χ2v) is 7.32. The van der Waals surface area contributed by atoms with Gasteiger partial charge >= 0.3 is 5.91 Å². The maximum atomic E-state index is 12.2. The second-order valence-electron chi connectivity index (χ2n) is 6.50. The van der Waals surface area contributed by atoms with E-state index in [-0.39, 0.29) is 24.9 Å². The van der Waals surface area contributed by atoms with Crippen molar-refractivity contribution < 1.29 is 21.8 Å². The number of nitrogens with zero attached hydrogens (tertiary/aromatic N) is 2. The Bertz CT molecular complexity index is 823. The molecular formula is C22H26Cl3N3O. The van der Waals surface area contributed by atoms with Gasteiger partial charge in [0.2, 0.25) is 6.54 Å². The van der Waals surface area contributed by atoms with Crippen LogP contribution in [0.4, 0.5) is 0 Å². The van der Waals surface area contributed by atoms with Crippen LogP contribution in [0.2, 0.25) is 10.0 Å². The Balaban J connectivity index is 0.00000420. The second kappa shape index (κ2) is 14.2. The first-order chi connectivity index (χ1) is 13.6. The lowest BCUT2D eigenvalue weighted by Gasteiger charge is -2.04. The number of amides is 1. The van der Waals surface area contributed by atoms with E-state index in [0.717, 1.165) is 30.5 Å². The minimum absolute atomic E-state index is 0. The summed E-state index contributed by atoms with van der Waals surface area (Å²) in [4.78, 5) is 12.2. The molecule has 4 nitrogen and oxygen atoms in total. The number of hydrogen-bond donors (Lipinski definition) is 1. The van der Waals surface area contributed by atoms with Gasteiger partial charge in [-0.15, -0.1) is 0 Å². The first-order valence-electron chi connectivity index (χ1n) is 9.51. The fraction of sp³-hybridized carbons (Fsp3) is 0.318. The van der Waals surface area contributed by atoms with E-state index in [1.807, 2.05) is 48.8 Å². The lowest BCUT2D eigenvalue weighted by molar-refractivity contribution is -0.684. The van der Waals surface area contributed by atoms with Crippen LogP contribution < -0.4 is 22.4 Å². The third-order valence-electron chi connectivity index (χ3n) is 4.13. The summed E-state index contributed by atoms with van der Waals surface area (Å²) in [6, 6.07) is 11.1. The minimum Gasteiger partial charge on any atom is -1.00 e. The van der Waals surface area contributed by atoms with E-state index in [2.05, 4.69) is 17.5 Å². The first kappa shape index (κ1) is 25.2. The summed E-state index contributed by atoms with van der Waals surface area (Å²) in [7, 11) is 0. The van der Waals surface area contributed by atoms with Gasteiger partial charge in [0.05, 0.1) is 15.8 Å². The summed E-state index contributed by atoms with van der Waals surface area (Å²) in [6.45, 7) is 2.41. The highest BCUT2D eigenvalue weighted by atomic mass is 35.5. The summed E-state index contributed by atoms with van der Waals surface area (Å²) in [5.41, 5.74) is 4.42. The van der Waals surface area contributed by atoms with E-state index in [0.29, 0.717) is 10.0 Å². The van der Waals surface area contributed by atoms with Gasteiger partial charge < -0.3 is 12.4 Å². The van der Waals surface area contributed by atoms with Gasteiger partial charge in [-0.2, -0.15) is 9.67 Å². The lowest BCUT2D eigenvalue weighted by atomic mass is 10.1. The molecule has 1 aromatic heterocycles. The molecule has 0 bridgehead atoms. The van der Waals surface area contributed by atoms with E-state index in [1.165, 1.54) is 12.8 Å². The van der Waals surface area contributed by atoms with E-state index < -0.39 is 0 Å². The Kier molecular flexibility index (Phi) is 12.3. The molecule has 0 unspecified atom stereocenters. The molecule has 1 heterocycles. The van der Waals surface area contributed by atoms with Crippen molar-refractivity contribution in [2.75, 3.05) is 0 Å². The summed E-state index contributed by atoms with van der Waals surface area (Å²) in [5.74, 6) is -0.162. The number of hydrazone groups is 1. The molecule has 0 aliphatic carbocycles. The number of nitrogens with one attached hydrogen (secondary N) is 1. The summed E-state index contributed by atoms with van der Waals surface area (Å²) >= 11 is 12.0. The summed E-state index contributed by atoms with van der Waals surface area (Å²) in [6.07, 6.45) is 12.9. The van der Waals surface area contributed by atoms with Crippen LogP contribution >= 0.6 is 23.2 Å². The monoisotopic (exact) mass is 453 g/mol. The van der Waals surface area contributed by atoms with E-state index in [1.54, 1.807) is 16.7 Å². The standard InChI is InChI=1S/C22H25Cl2N3O.ClH/c1-2-3-4-6-9-19(12-10-18-11-13-20(23)21(24)16-18)25-26-22(28)17-27-14-7-5-8-15-27;/h5,7-8,10-16H,2-4,6,9,17H2,1H3;1H/b12-10+,25-19?;. The highest BCUT2D eigenvalue weighted by Gasteiger charge is 2.07. The molecule has 2 aromatic rings. The smallest absolute Gasteiger partial charge is 0.305 e. The molecule has 0 aliphatic rings. The van der Waals surface area contributed by atoms with Crippen molar-refractivity contribution in [2.45, 2.75) is 45.6 Å². The molecule has 29 heavy (non-hydrogen) atoms. The summed E-state index contributed by atoms with van der Waals surface area (Å²) < 4.78 is 1.80. The third kappa shape index (κ3) is 9.93. The molecule has 0 atom stereocenters. The maximum absolute atomic E-state index is 12.2. The Morgan fingerprint density at radius 3 is 2.55 bits per heavy atom. The molecular weight excluding hydrogens is 429 g/mol. The number of rotatable bonds is 10. The molecule has 7 heteroatoms. The van der Waals surface area contributed by atoms with Gasteiger partial charge in [0.1, 0.15) is 0 Å². The number of hydrogen-bond acceptors (Lipinski definition) is 2. The molecule has 1 N–H and O–H groups in total. The Labute approximate surface area is 189 Å². The van der Waals surface area contributed by atoms with Crippen molar-refractivity contribution in [3.05, 3.63) is 70.5 Å². The molecule has 0 radical (unpaired) electrons. The Morgan fingerprint density at radius 2 is 1.86 bits per heavy atom. The molecule has 0 spiro atoms. The van der Waals surface area contributed by atoms with Crippen molar-refractivity contribution >= 4 is 40.9 Å². The largest absolute Gasteiger partial charge is 1.00 e. The fourth-order valence-corrected chi connectivity index (χ4v) is 2.90. The predicted octanol–water partition coefficient (Wildman–Crippen LogP) is 2.44. The highest BCUT2D eigenvalue weighted by molar-refractivity contribution is 6.42. The number of carbonyl (C=O) groups is 1. The van der Waals surface area contributed by atoms with Gasteiger partial charge in [0.15, 0.2) is 12.4 Å². The lowest BCUT2D eigenvalue weighted by Crippen LogP contribution is -3.00. The van der Waals surface area contributed by atoms with Gasteiger partial charge in [-0.05, 0) is 36.6 Å². The molecule has 0 saturated carbocycles. The van der Waals surface area contributed by atoms with Crippen LogP contribution in [0.3, 0.4) is 0 Å². The average Bonchev–Trinajstić information content (AvgIpc) is 2.70. The minimum atomic E-state index is -0.162. The number of allylic oxidation sites excluding steroid dienone is 1. The van der Waals surface area contributed by atoms with Crippen LogP contribution in [0.15, 0.2) is 60.0 Å². The highest BCUT2D eigenvalue weighted by Crippen LogP contribution is 2.23. The molecule has 0 saturated heterocycles. The average molecular weight is 455 g/mol. The van der Waals surface area contributed by atoms with Crippen LogP contribution in [0.5, 0.6) is 0 Å². The van der Waals surface area contributed by atoms with Gasteiger partial charge in [-0.3, -0.25) is 4.79 Å². The Morgan fingerprint density at radius 1 is 1.10 bits per heavy atom. The fourth-order valence-electron chi connectivity index (χ4n) is 2.59. The summed E-state index contributed by atoms with van der Waals surface area (Å²) in [5, 5.41) is 5.37. The number of benzene rings is 1. The van der Waals surface area contributed by atoms with Crippen molar-refractivity contribution in [3.63, 3.8) is 0 Å². The maximum Gasteiger partial charge on any atom is 0.305 e. The quantitative estimate of drug-likeness (QED) is 0.255. The van der Waals surface area contributed by atoms with Crippen LogP contribution in [0.1, 0.15) is 44.6 Å². The van der Waals surface area contributed by atoms with Crippen LogP contribution in [0.25, 0.3) is 6.08 Å².